The highest BCUT2D eigenvalue weighted by Crippen LogP contribution is 2.19. The summed E-state index contributed by atoms with van der Waals surface area (Å²) in [4.78, 5) is 1.32. The van der Waals surface area contributed by atoms with Crippen LogP contribution in [-0.4, -0.2) is 0 Å². The zero-order valence-electron chi connectivity index (χ0n) is 10.1. The van der Waals surface area contributed by atoms with Gasteiger partial charge in [0.25, 0.3) is 6.43 Å². The maximum absolute atomic E-state index is 12.4. The number of nitrogens with one attached hydrogen (secondary N) is 1. The third-order valence-corrected chi connectivity index (χ3v) is 3.84. The van der Waals surface area contributed by atoms with Crippen molar-refractivity contribution in [3.63, 3.8) is 0 Å². The van der Waals surface area contributed by atoms with E-state index < -0.39 is 6.43 Å². The van der Waals surface area contributed by atoms with Crippen molar-refractivity contribution in [2.75, 3.05) is 0 Å². The maximum atomic E-state index is 12.4. The van der Waals surface area contributed by atoms with Gasteiger partial charge < -0.3 is 5.32 Å². The molecule has 4 heteroatoms. The quantitative estimate of drug-likeness (QED) is 0.852. The van der Waals surface area contributed by atoms with E-state index in [4.69, 9.17) is 0 Å². The van der Waals surface area contributed by atoms with Crippen LogP contribution in [-0.2, 0) is 13.1 Å². The SMILES string of the molecule is Cc1ccsc1CNCc1ccc(C(F)F)cc1. The van der Waals surface area contributed by atoms with E-state index in [9.17, 15) is 8.78 Å². The van der Waals surface area contributed by atoms with Crippen LogP contribution in [0.3, 0.4) is 0 Å². The Labute approximate surface area is 109 Å². The first-order chi connectivity index (χ1) is 8.66. The van der Waals surface area contributed by atoms with Crippen LogP contribution in [0, 0.1) is 6.92 Å². The van der Waals surface area contributed by atoms with E-state index in [1.54, 1.807) is 23.5 Å². The van der Waals surface area contributed by atoms with Crippen molar-refractivity contribution in [3.05, 3.63) is 57.3 Å². The molecule has 0 saturated heterocycles. The topological polar surface area (TPSA) is 12.0 Å². The Bertz CT molecular complexity index is 491. The van der Waals surface area contributed by atoms with Gasteiger partial charge in [-0.3, -0.25) is 0 Å². The van der Waals surface area contributed by atoms with Crippen LogP contribution in [0.15, 0.2) is 35.7 Å². The van der Waals surface area contributed by atoms with Crippen LogP contribution in [0.5, 0.6) is 0 Å². The van der Waals surface area contributed by atoms with E-state index in [0.717, 1.165) is 12.1 Å². The van der Waals surface area contributed by atoms with Gasteiger partial charge in [0.05, 0.1) is 0 Å². The molecule has 0 spiro atoms. The molecule has 0 aliphatic heterocycles. The second-order valence-electron chi connectivity index (χ2n) is 4.17. The third-order valence-electron chi connectivity index (χ3n) is 2.81. The van der Waals surface area contributed by atoms with Crippen molar-refractivity contribution in [3.8, 4) is 0 Å². The molecule has 0 amide bonds. The highest BCUT2D eigenvalue weighted by Gasteiger charge is 2.05. The fourth-order valence-electron chi connectivity index (χ4n) is 1.69. The standard InChI is InChI=1S/C14H15F2NS/c1-10-6-7-18-13(10)9-17-8-11-2-4-12(5-3-11)14(15)16/h2-7,14,17H,8-9H2,1H3. The summed E-state index contributed by atoms with van der Waals surface area (Å²) in [5, 5.41) is 5.39. The summed E-state index contributed by atoms with van der Waals surface area (Å²) in [6.07, 6.45) is -2.39. The number of alkyl halides is 2. The molecule has 1 aromatic carbocycles. The first kappa shape index (κ1) is 13.2. The van der Waals surface area contributed by atoms with Gasteiger partial charge in [0, 0.05) is 23.5 Å². The summed E-state index contributed by atoms with van der Waals surface area (Å²) in [5.74, 6) is 0. The van der Waals surface area contributed by atoms with Crippen LogP contribution < -0.4 is 5.32 Å². The molecule has 1 nitrogen and oxygen atoms in total. The fourth-order valence-corrected chi connectivity index (χ4v) is 2.56. The van der Waals surface area contributed by atoms with Crippen molar-refractivity contribution >= 4 is 11.3 Å². The van der Waals surface area contributed by atoms with E-state index in [0.29, 0.717) is 6.54 Å². The molecule has 2 rings (SSSR count). The molecule has 1 N–H and O–H groups in total. The Kier molecular flexibility index (Phi) is 4.44. The van der Waals surface area contributed by atoms with Crippen LogP contribution >= 0.6 is 11.3 Å². The lowest BCUT2D eigenvalue weighted by atomic mass is 10.1. The second-order valence-corrected chi connectivity index (χ2v) is 5.17. The van der Waals surface area contributed by atoms with Crippen LogP contribution in [0.25, 0.3) is 0 Å². The largest absolute Gasteiger partial charge is 0.308 e. The number of thiophene rings is 1. The molecule has 0 atom stereocenters. The summed E-state index contributed by atoms with van der Waals surface area (Å²) in [6, 6.07) is 8.56. The van der Waals surface area contributed by atoms with Crippen molar-refractivity contribution in [2.24, 2.45) is 0 Å². The van der Waals surface area contributed by atoms with Crippen molar-refractivity contribution in [2.45, 2.75) is 26.4 Å². The summed E-state index contributed by atoms with van der Waals surface area (Å²) < 4.78 is 24.7. The molecule has 0 unspecified atom stereocenters. The van der Waals surface area contributed by atoms with E-state index in [2.05, 4.69) is 23.7 Å². The molecular weight excluding hydrogens is 252 g/mol. The van der Waals surface area contributed by atoms with Gasteiger partial charge >= 0.3 is 0 Å². The number of benzene rings is 1. The first-order valence-electron chi connectivity index (χ1n) is 5.77. The fraction of sp³-hybridized carbons (Fsp3) is 0.286. The molecule has 1 aromatic heterocycles. The molecule has 0 fully saturated rings. The number of hydrogen-bond acceptors (Lipinski definition) is 2. The minimum absolute atomic E-state index is 0.0767. The zero-order chi connectivity index (χ0) is 13.0. The number of hydrogen-bond donors (Lipinski definition) is 1. The smallest absolute Gasteiger partial charge is 0.263 e. The highest BCUT2D eigenvalue weighted by molar-refractivity contribution is 7.10. The average molecular weight is 267 g/mol. The van der Waals surface area contributed by atoms with Gasteiger partial charge in [0.15, 0.2) is 0 Å². The molecule has 0 aliphatic rings. The minimum atomic E-state index is -2.39. The Morgan fingerprint density at radius 3 is 2.39 bits per heavy atom. The molecule has 18 heavy (non-hydrogen) atoms. The zero-order valence-corrected chi connectivity index (χ0v) is 10.9. The molecule has 1 heterocycles. The van der Waals surface area contributed by atoms with Gasteiger partial charge in [-0.15, -0.1) is 11.3 Å². The number of rotatable bonds is 5. The van der Waals surface area contributed by atoms with Crippen LogP contribution in [0.1, 0.15) is 28.0 Å². The van der Waals surface area contributed by atoms with Crippen molar-refractivity contribution < 1.29 is 8.78 Å². The Balaban J connectivity index is 1.85. The molecule has 0 aliphatic carbocycles. The lowest BCUT2D eigenvalue weighted by Crippen LogP contribution is -2.12. The molecule has 0 bridgehead atoms. The van der Waals surface area contributed by atoms with Gasteiger partial charge in [-0.05, 0) is 29.5 Å². The summed E-state index contributed by atoms with van der Waals surface area (Å²) >= 11 is 1.73. The normalized spacial score (nSPS) is 11.1. The summed E-state index contributed by atoms with van der Waals surface area (Å²) in [7, 11) is 0. The van der Waals surface area contributed by atoms with Gasteiger partial charge in [0.2, 0.25) is 0 Å². The van der Waals surface area contributed by atoms with E-state index in [1.807, 2.05) is 0 Å². The van der Waals surface area contributed by atoms with Crippen molar-refractivity contribution in [1.29, 1.82) is 0 Å². The molecule has 96 valence electrons. The van der Waals surface area contributed by atoms with Gasteiger partial charge in [-0.1, -0.05) is 24.3 Å². The first-order valence-corrected chi connectivity index (χ1v) is 6.65. The average Bonchev–Trinajstić information content (AvgIpc) is 2.76. The summed E-state index contributed by atoms with van der Waals surface area (Å²) in [6.45, 7) is 3.60. The van der Waals surface area contributed by atoms with E-state index in [-0.39, 0.29) is 5.56 Å². The van der Waals surface area contributed by atoms with Crippen LogP contribution in [0.2, 0.25) is 0 Å². The van der Waals surface area contributed by atoms with Gasteiger partial charge in [-0.2, -0.15) is 0 Å². The second kappa shape index (κ2) is 6.07. The monoisotopic (exact) mass is 267 g/mol. The molecule has 0 saturated carbocycles. The van der Waals surface area contributed by atoms with Crippen LogP contribution in [0.4, 0.5) is 8.78 Å². The highest BCUT2D eigenvalue weighted by atomic mass is 32.1. The predicted molar refractivity (Wildman–Crippen MR) is 71.0 cm³/mol. The van der Waals surface area contributed by atoms with E-state index in [1.165, 1.54) is 22.6 Å². The molecule has 2 aromatic rings. The Morgan fingerprint density at radius 1 is 1.11 bits per heavy atom. The van der Waals surface area contributed by atoms with Gasteiger partial charge in [0.1, 0.15) is 0 Å². The Hall–Kier alpha value is -1.26. The maximum Gasteiger partial charge on any atom is 0.263 e. The third kappa shape index (κ3) is 3.37. The number of halogens is 2. The molecular formula is C14H15F2NS. The van der Waals surface area contributed by atoms with Gasteiger partial charge in [-0.25, -0.2) is 8.78 Å². The number of aryl methyl sites for hydroxylation is 1. The summed E-state index contributed by atoms with van der Waals surface area (Å²) in [5.41, 5.74) is 2.39. The minimum Gasteiger partial charge on any atom is -0.308 e. The Morgan fingerprint density at radius 2 is 1.83 bits per heavy atom. The molecule has 0 radical (unpaired) electrons. The van der Waals surface area contributed by atoms with E-state index >= 15 is 0 Å². The predicted octanol–water partition coefficient (Wildman–Crippen LogP) is 4.28. The lowest BCUT2D eigenvalue weighted by Gasteiger charge is -2.06. The lowest BCUT2D eigenvalue weighted by molar-refractivity contribution is 0.151. The van der Waals surface area contributed by atoms with Crippen molar-refractivity contribution in [1.82, 2.24) is 5.32 Å².